The van der Waals surface area contributed by atoms with E-state index in [1.165, 1.54) is 18.4 Å². The second-order valence-corrected chi connectivity index (χ2v) is 7.94. The van der Waals surface area contributed by atoms with Crippen LogP contribution in [-0.2, 0) is 9.53 Å². The number of fused-ring (bicyclic) bond motifs is 2. The topological polar surface area (TPSA) is 29.5 Å². The largest absolute Gasteiger partial charge is 0.384 e. The molecule has 1 amide bonds. The zero-order valence-electron chi connectivity index (χ0n) is 13.8. The maximum Gasteiger partial charge on any atom is 0.232 e. The van der Waals surface area contributed by atoms with Gasteiger partial charge in [0.25, 0.3) is 0 Å². The average Bonchev–Trinajstić information content (AvgIpc) is 2.99. The van der Waals surface area contributed by atoms with Gasteiger partial charge in [-0.15, -0.1) is 0 Å². The lowest BCUT2D eigenvalue weighted by Gasteiger charge is -2.42. The van der Waals surface area contributed by atoms with Gasteiger partial charge in [0.1, 0.15) is 0 Å². The molecule has 1 saturated heterocycles. The van der Waals surface area contributed by atoms with Crippen molar-refractivity contribution in [3.05, 3.63) is 12.2 Å². The van der Waals surface area contributed by atoms with Crippen molar-refractivity contribution in [2.24, 2.45) is 22.7 Å². The van der Waals surface area contributed by atoms with Crippen LogP contribution in [0.5, 0.6) is 0 Å². The van der Waals surface area contributed by atoms with Gasteiger partial charge in [0.05, 0.1) is 12.0 Å². The van der Waals surface area contributed by atoms with E-state index in [0.29, 0.717) is 17.7 Å². The Balaban J connectivity index is 1.78. The molecule has 0 radical (unpaired) electrons. The average molecular weight is 291 g/mol. The fraction of sp³-hybridized carbons (Fsp3) is 0.833. The third kappa shape index (κ3) is 2.16. The summed E-state index contributed by atoms with van der Waals surface area (Å²) >= 11 is 0. The van der Waals surface area contributed by atoms with Crippen LogP contribution in [0.1, 0.15) is 46.0 Å². The van der Waals surface area contributed by atoms with Crippen molar-refractivity contribution < 1.29 is 9.53 Å². The Hall–Kier alpha value is -0.830. The van der Waals surface area contributed by atoms with E-state index in [1.807, 2.05) is 0 Å². The monoisotopic (exact) mass is 291 g/mol. The van der Waals surface area contributed by atoms with Crippen molar-refractivity contribution >= 4 is 5.91 Å². The van der Waals surface area contributed by atoms with E-state index in [0.717, 1.165) is 39.0 Å². The van der Waals surface area contributed by atoms with Crippen LogP contribution in [-0.4, -0.2) is 37.6 Å². The minimum atomic E-state index is -0.247. The van der Waals surface area contributed by atoms with Gasteiger partial charge in [0.15, 0.2) is 0 Å². The molecule has 0 N–H and O–H groups in total. The van der Waals surface area contributed by atoms with Crippen molar-refractivity contribution in [1.29, 1.82) is 0 Å². The van der Waals surface area contributed by atoms with Gasteiger partial charge in [0, 0.05) is 20.2 Å². The Kier molecular flexibility index (Phi) is 3.67. The number of piperidine rings is 1. The molecule has 3 atom stereocenters. The molecule has 0 unspecified atom stereocenters. The van der Waals surface area contributed by atoms with E-state index in [2.05, 4.69) is 25.3 Å². The van der Waals surface area contributed by atoms with E-state index in [4.69, 9.17) is 4.74 Å². The molecule has 2 bridgehead atoms. The molecule has 3 aliphatic rings. The lowest BCUT2D eigenvalue weighted by Crippen LogP contribution is -2.48. The van der Waals surface area contributed by atoms with E-state index >= 15 is 0 Å². The Labute approximate surface area is 128 Å². The summed E-state index contributed by atoms with van der Waals surface area (Å²) < 4.78 is 5.29. The van der Waals surface area contributed by atoms with Gasteiger partial charge in [0.2, 0.25) is 5.91 Å². The van der Waals surface area contributed by atoms with Crippen molar-refractivity contribution in [3.63, 3.8) is 0 Å². The van der Waals surface area contributed by atoms with Crippen LogP contribution in [0.25, 0.3) is 0 Å². The molecule has 3 heteroatoms. The molecule has 2 saturated carbocycles. The second kappa shape index (κ2) is 5.12. The van der Waals surface area contributed by atoms with Crippen LogP contribution in [0.2, 0.25) is 0 Å². The minimum Gasteiger partial charge on any atom is -0.384 e. The van der Waals surface area contributed by atoms with E-state index < -0.39 is 0 Å². The molecule has 0 aromatic heterocycles. The molecule has 1 heterocycles. The van der Waals surface area contributed by atoms with E-state index in [-0.39, 0.29) is 10.8 Å². The van der Waals surface area contributed by atoms with Crippen LogP contribution in [0, 0.1) is 22.7 Å². The summed E-state index contributed by atoms with van der Waals surface area (Å²) in [5, 5.41) is 0. The van der Waals surface area contributed by atoms with Crippen LogP contribution >= 0.6 is 0 Å². The molecule has 0 aromatic rings. The molecule has 3 nitrogen and oxygen atoms in total. The molecular formula is C18H29NO2. The maximum atomic E-state index is 13.3. The number of hydrogen-bond donors (Lipinski definition) is 0. The number of methoxy groups -OCH3 is 1. The van der Waals surface area contributed by atoms with Crippen molar-refractivity contribution in [3.8, 4) is 0 Å². The molecule has 3 rings (SSSR count). The summed E-state index contributed by atoms with van der Waals surface area (Å²) in [4.78, 5) is 15.4. The zero-order valence-corrected chi connectivity index (χ0v) is 13.8. The number of nitrogens with zero attached hydrogens (tertiary/aromatic N) is 1. The van der Waals surface area contributed by atoms with E-state index in [1.54, 1.807) is 7.11 Å². The fourth-order valence-electron chi connectivity index (χ4n) is 5.05. The molecule has 1 aliphatic heterocycles. The van der Waals surface area contributed by atoms with Gasteiger partial charge in [-0.25, -0.2) is 0 Å². The van der Waals surface area contributed by atoms with Gasteiger partial charge in [-0.3, -0.25) is 4.79 Å². The van der Waals surface area contributed by atoms with Gasteiger partial charge >= 0.3 is 0 Å². The smallest absolute Gasteiger partial charge is 0.232 e. The van der Waals surface area contributed by atoms with Gasteiger partial charge < -0.3 is 9.64 Å². The lowest BCUT2D eigenvalue weighted by atomic mass is 9.68. The number of amides is 1. The first-order chi connectivity index (χ1) is 9.91. The highest BCUT2D eigenvalue weighted by molar-refractivity contribution is 5.87. The number of carbonyl (C=O) groups is 1. The highest BCUT2D eigenvalue weighted by Crippen LogP contribution is 2.66. The fourth-order valence-corrected chi connectivity index (χ4v) is 5.05. The van der Waals surface area contributed by atoms with Gasteiger partial charge in [-0.2, -0.15) is 0 Å². The predicted octanol–water partition coefficient (Wildman–Crippen LogP) is 3.25. The Morgan fingerprint density at radius 3 is 2.81 bits per heavy atom. The molecule has 118 valence electrons. The quantitative estimate of drug-likeness (QED) is 0.747. The first-order valence-corrected chi connectivity index (χ1v) is 8.40. The molecule has 3 fully saturated rings. The van der Waals surface area contributed by atoms with Crippen LogP contribution < -0.4 is 0 Å². The van der Waals surface area contributed by atoms with Crippen LogP contribution in [0.15, 0.2) is 12.2 Å². The number of carbonyl (C=O) groups excluding carboxylic acids is 1. The zero-order chi connectivity index (χ0) is 15.3. The lowest BCUT2D eigenvalue weighted by molar-refractivity contribution is -0.142. The van der Waals surface area contributed by atoms with E-state index in [9.17, 15) is 4.79 Å². The molecule has 0 spiro atoms. The first kappa shape index (κ1) is 15.1. The summed E-state index contributed by atoms with van der Waals surface area (Å²) in [5.41, 5.74) is 1.09. The highest BCUT2D eigenvalue weighted by Gasteiger charge is 2.61. The predicted molar refractivity (Wildman–Crippen MR) is 83.9 cm³/mol. The Morgan fingerprint density at radius 2 is 2.19 bits per heavy atom. The Morgan fingerprint density at radius 1 is 1.43 bits per heavy atom. The SMILES string of the molecule is C=C1C(C)(C)[C@H]2CC[C@]1(C(=O)N1CCC[C@H](COC)C1)C2. The number of likely N-dealkylation sites (tertiary alicyclic amines) is 1. The van der Waals surface area contributed by atoms with Crippen LogP contribution in [0.4, 0.5) is 0 Å². The standard InChI is InChI=1S/C18H29NO2/c1-13-17(2,3)15-7-8-18(13,10-15)16(20)19-9-5-6-14(11-19)12-21-4/h14-15H,1,5-12H2,2-4H3/t14-,15-,18-/m0/s1. The molecule has 2 aliphatic carbocycles. The van der Waals surface area contributed by atoms with Crippen molar-refractivity contribution in [1.82, 2.24) is 4.90 Å². The molecule has 0 aromatic carbocycles. The Bertz CT molecular complexity index is 454. The van der Waals surface area contributed by atoms with Crippen molar-refractivity contribution in [2.75, 3.05) is 26.8 Å². The minimum absolute atomic E-state index is 0.135. The van der Waals surface area contributed by atoms with Gasteiger partial charge in [-0.05, 0) is 49.4 Å². The van der Waals surface area contributed by atoms with Crippen molar-refractivity contribution in [2.45, 2.75) is 46.0 Å². The second-order valence-electron chi connectivity index (χ2n) is 7.94. The number of ether oxygens (including phenoxy) is 1. The maximum absolute atomic E-state index is 13.3. The number of rotatable bonds is 3. The molecule has 21 heavy (non-hydrogen) atoms. The summed E-state index contributed by atoms with van der Waals surface area (Å²) in [5.74, 6) is 1.51. The highest BCUT2D eigenvalue weighted by atomic mass is 16.5. The normalized spacial score (nSPS) is 38.0. The first-order valence-electron chi connectivity index (χ1n) is 8.40. The summed E-state index contributed by atoms with van der Waals surface area (Å²) in [6, 6.07) is 0. The summed E-state index contributed by atoms with van der Waals surface area (Å²) in [7, 11) is 1.75. The number of hydrogen-bond acceptors (Lipinski definition) is 2. The van der Waals surface area contributed by atoms with Crippen LogP contribution in [0.3, 0.4) is 0 Å². The third-order valence-electron chi connectivity index (χ3n) is 6.51. The summed E-state index contributed by atoms with van der Waals surface area (Å²) in [6.45, 7) is 11.5. The third-order valence-corrected chi connectivity index (χ3v) is 6.51. The van der Waals surface area contributed by atoms with Gasteiger partial charge in [-0.1, -0.05) is 26.0 Å². The summed E-state index contributed by atoms with van der Waals surface area (Å²) in [6.07, 6.45) is 5.52. The molecular weight excluding hydrogens is 262 g/mol.